The van der Waals surface area contributed by atoms with E-state index in [0.29, 0.717) is 25.7 Å². The van der Waals surface area contributed by atoms with Crippen LogP contribution in [0.15, 0.2) is 0 Å². The topological polar surface area (TPSA) is 237 Å². The lowest BCUT2D eigenvalue weighted by atomic mass is 10.0. The molecule has 0 heterocycles. The summed E-state index contributed by atoms with van der Waals surface area (Å²) in [5, 5.41) is 10.6. The minimum Gasteiger partial charge on any atom is -0.462 e. The highest BCUT2D eigenvalue weighted by atomic mass is 31.2. The second-order valence-corrected chi connectivity index (χ2v) is 30.3. The summed E-state index contributed by atoms with van der Waals surface area (Å²) in [5.41, 5.74) is 0. The summed E-state index contributed by atoms with van der Waals surface area (Å²) in [6.45, 7) is 4.97. The molecule has 19 heteroatoms. The Morgan fingerprint density at radius 2 is 0.421 bits per heavy atom. The lowest BCUT2D eigenvalue weighted by molar-refractivity contribution is -0.161. The summed E-state index contributed by atoms with van der Waals surface area (Å²) in [6.07, 6.45) is 61.0. The number of ether oxygens (including phenoxy) is 4. The van der Waals surface area contributed by atoms with Crippen molar-refractivity contribution in [3.63, 3.8) is 0 Å². The molecule has 0 amide bonds. The minimum absolute atomic E-state index is 0.108. The van der Waals surface area contributed by atoms with E-state index in [1.807, 2.05) is 0 Å². The van der Waals surface area contributed by atoms with Crippen LogP contribution in [0.25, 0.3) is 0 Å². The Hall–Kier alpha value is -1.94. The number of phosphoric ester groups is 2. The van der Waals surface area contributed by atoms with Crippen LogP contribution in [0.1, 0.15) is 407 Å². The molecule has 0 radical (unpaired) electrons. The van der Waals surface area contributed by atoms with Crippen LogP contribution in [-0.2, 0) is 65.4 Å². The first-order chi connectivity index (χ1) is 46.2. The number of unbranched alkanes of at least 4 members (excludes halogenated alkanes) is 51. The molecule has 0 bridgehead atoms. The van der Waals surface area contributed by atoms with Gasteiger partial charge in [0.25, 0.3) is 0 Å². The van der Waals surface area contributed by atoms with E-state index in [0.717, 1.165) is 89.9 Å². The third-order valence-electron chi connectivity index (χ3n) is 17.9. The molecule has 0 aliphatic heterocycles. The fraction of sp³-hybridized carbons (Fsp3) is 0.947. The molecule has 564 valence electrons. The van der Waals surface area contributed by atoms with E-state index in [1.54, 1.807) is 0 Å². The summed E-state index contributed by atoms with van der Waals surface area (Å²) in [5.74, 6) is -2.11. The van der Waals surface area contributed by atoms with Gasteiger partial charge in [0.05, 0.1) is 26.4 Å². The van der Waals surface area contributed by atoms with Crippen LogP contribution in [0, 0.1) is 0 Å². The standard InChI is InChI=1S/C76H148O17P2/c1-5-9-13-17-21-25-28-31-33-34-35-36-38-41-44-47-51-55-59-63-76(81)93-72(67-87-74(79)61-57-53-49-45-42-40-37-32-29-26-22-18-14-10-6-2)69-91-95(84,85)89-65-70(77)64-88-94(82,83)90-68-71(66-86-73(78)60-56-52-48-24-20-16-12-8-4)92-75(80)62-58-54-50-46-43-39-30-27-23-19-15-11-7-3/h70-72,77H,5-69H2,1-4H3,(H,82,83)(H,84,85)/t70-,71+,72+/m0/s1. The van der Waals surface area contributed by atoms with E-state index in [2.05, 4.69) is 27.7 Å². The summed E-state index contributed by atoms with van der Waals surface area (Å²) in [4.78, 5) is 72.7. The van der Waals surface area contributed by atoms with Crippen molar-refractivity contribution in [1.82, 2.24) is 0 Å². The number of esters is 4. The zero-order valence-corrected chi connectivity index (χ0v) is 63.4. The monoisotopic (exact) mass is 1400 g/mol. The lowest BCUT2D eigenvalue weighted by Crippen LogP contribution is -2.30. The van der Waals surface area contributed by atoms with Gasteiger partial charge in [-0.1, -0.05) is 355 Å². The van der Waals surface area contributed by atoms with Crippen molar-refractivity contribution in [3.8, 4) is 0 Å². The lowest BCUT2D eigenvalue weighted by Gasteiger charge is -2.21. The molecule has 0 rings (SSSR count). The van der Waals surface area contributed by atoms with E-state index in [1.165, 1.54) is 238 Å². The maximum Gasteiger partial charge on any atom is 0.472 e. The van der Waals surface area contributed by atoms with Gasteiger partial charge in [-0.25, -0.2) is 9.13 Å². The van der Waals surface area contributed by atoms with Crippen molar-refractivity contribution in [2.24, 2.45) is 0 Å². The van der Waals surface area contributed by atoms with Crippen molar-refractivity contribution in [3.05, 3.63) is 0 Å². The Morgan fingerprint density at radius 3 is 0.621 bits per heavy atom. The Bertz CT molecular complexity index is 1810. The van der Waals surface area contributed by atoms with E-state index in [9.17, 15) is 43.2 Å². The number of rotatable bonds is 77. The number of carbonyl (C=O) groups is 4. The van der Waals surface area contributed by atoms with Gasteiger partial charge in [0.15, 0.2) is 12.2 Å². The second kappa shape index (κ2) is 70.5. The molecule has 0 aromatic rings. The number of hydrogen-bond acceptors (Lipinski definition) is 15. The predicted octanol–water partition coefficient (Wildman–Crippen LogP) is 22.6. The molecule has 0 saturated heterocycles. The molecule has 0 aromatic heterocycles. The van der Waals surface area contributed by atoms with Crippen LogP contribution in [0.4, 0.5) is 0 Å². The predicted molar refractivity (Wildman–Crippen MR) is 386 cm³/mol. The summed E-state index contributed by atoms with van der Waals surface area (Å²) in [6, 6.07) is 0. The maximum absolute atomic E-state index is 13.1. The summed E-state index contributed by atoms with van der Waals surface area (Å²) >= 11 is 0. The van der Waals surface area contributed by atoms with Crippen LogP contribution < -0.4 is 0 Å². The van der Waals surface area contributed by atoms with Gasteiger partial charge in [-0.05, 0) is 25.7 Å². The van der Waals surface area contributed by atoms with Crippen LogP contribution in [0.2, 0.25) is 0 Å². The first-order valence-corrected chi connectivity index (χ1v) is 42.8. The van der Waals surface area contributed by atoms with Crippen molar-refractivity contribution < 1.29 is 80.2 Å². The van der Waals surface area contributed by atoms with Crippen molar-refractivity contribution in [1.29, 1.82) is 0 Å². The van der Waals surface area contributed by atoms with Crippen molar-refractivity contribution in [2.45, 2.75) is 425 Å². The molecular formula is C76H148O17P2. The zero-order chi connectivity index (χ0) is 69.7. The number of carbonyl (C=O) groups excluding carboxylic acids is 4. The SMILES string of the molecule is CCCCCCCCCCCCCCCCCCCCCC(=O)O[C@H](COC(=O)CCCCCCCCCCCCCCCCC)COP(=O)(O)OC[C@@H](O)COP(=O)(O)OC[C@@H](COC(=O)CCCCCCCCCC)OC(=O)CCCCCCCCCCCCCCC. The smallest absolute Gasteiger partial charge is 0.462 e. The third kappa shape index (κ3) is 70.3. The average molecular weight is 1400 g/mol. The first kappa shape index (κ1) is 93.1. The maximum atomic E-state index is 13.1. The van der Waals surface area contributed by atoms with Crippen molar-refractivity contribution >= 4 is 39.5 Å². The Labute approximate surface area is 581 Å². The largest absolute Gasteiger partial charge is 0.472 e. The van der Waals surface area contributed by atoms with Gasteiger partial charge in [0, 0.05) is 25.7 Å². The van der Waals surface area contributed by atoms with Gasteiger partial charge in [0.1, 0.15) is 19.3 Å². The molecule has 95 heavy (non-hydrogen) atoms. The van der Waals surface area contributed by atoms with Gasteiger partial charge < -0.3 is 33.8 Å². The van der Waals surface area contributed by atoms with Gasteiger partial charge >= 0.3 is 39.5 Å². The Balaban J connectivity index is 5.20. The molecule has 0 aliphatic rings. The summed E-state index contributed by atoms with van der Waals surface area (Å²) < 4.78 is 68.5. The fourth-order valence-corrected chi connectivity index (χ4v) is 13.3. The molecule has 0 aromatic carbocycles. The third-order valence-corrected chi connectivity index (χ3v) is 19.8. The normalized spacial score (nSPS) is 13.9. The molecule has 0 aliphatic carbocycles. The fourth-order valence-electron chi connectivity index (χ4n) is 11.8. The van der Waals surface area contributed by atoms with Gasteiger partial charge in [-0.15, -0.1) is 0 Å². The van der Waals surface area contributed by atoms with E-state index < -0.39 is 97.5 Å². The molecule has 2 unspecified atom stereocenters. The van der Waals surface area contributed by atoms with Crippen LogP contribution in [-0.4, -0.2) is 96.7 Å². The van der Waals surface area contributed by atoms with E-state index in [-0.39, 0.29) is 25.7 Å². The zero-order valence-electron chi connectivity index (χ0n) is 61.6. The molecule has 0 fully saturated rings. The molecule has 3 N–H and O–H groups in total. The highest BCUT2D eigenvalue weighted by molar-refractivity contribution is 7.47. The number of aliphatic hydroxyl groups is 1. The second-order valence-electron chi connectivity index (χ2n) is 27.4. The average Bonchev–Trinajstić information content (AvgIpc) is 2.50. The summed E-state index contributed by atoms with van der Waals surface area (Å²) in [7, 11) is -9.90. The van der Waals surface area contributed by atoms with Crippen LogP contribution in [0.5, 0.6) is 0 Å². The number of hydrogen-bond donors (Lipinski definition) is 3. The molecular weight excluding hydrogens is 1250 g/mol. The molecule has 17 nitrogen and oxygen atoms in total. The molecule has 0 saturated carbocycles. The van der Waals surface area contributed by atoms with Gasteiger partial charge in [0.2, 0.25) is 0 Å². The van der Waals surface area contributed by atoms with Gasteiger partial charge in [-0.2, -0.15) is 0 Å². The van der Waals surface area contributed by atoms with Crippen LogP contribution >= 0.6 is 15.6 Å². The van der Waals surface area contributed by atoms with Crippen LogP contribution in [0.3, 0.4) is 0 Å². The minimum atomic E-state index is -4.96. The van der Waals surface area contributed by atoms with E-state index >= 15 is 0 Å². The van der Waals surface area contributed by atoms with E-state index in [4.69, 9.17) is 37.0 Å². The molecule has 5 atom stereocenters. The Morgan fingerprint density at radius 1 is 0.253 bits per heavy atom. The number of phosphoric acid groups is 2. The van der Waals surface area contributed by atoms with Crippen molar-refractivity contribution in [2.75, 3.05) is 39.6 Å². The van der Waals surface area contributed by atoms with Gasteiger partial charge in [-0.3, -0.25) is 37.3 Å². The Kier molecular flexibility index (Phi) is 69.1. The highest BCUT2D eigenvalue weighted by Gasteiger charge is 2.30. The quantitative estimate of drug-likeness (QED) is 0.0222. The number of aliphatic hydroxyl groups excluding tert-OH is 1. The highest BCUT2D eigenvalue weighted by Crippen LogP contribution is 2.45. The molecule has 0 spiro atoms. The first-order valence-electron chi connectivity index (χ1n) is 39.8.